The van der Waals surface area contributed by atoms with Gasteiger partial charge in [0, 0.05) is 11.8 Å². The molecule has 0 saturated carbocycles. The van der Waals surface area contributed by atoms with Gasteiger partial charge in [0.2, 0.25) is 0 Å². The Morgan fingerprint density at radius 3 is 2.58 bits per heavy atom. The van der Waals surface area contributed by atoms with Crippen LogP contribution in [0.25, 0.3) is 17.0 Å². The van der Waals surface area contributed by atoms with Crippen molar-refractivity contribution < 1.29 is 14.3 Å². The fourth-order valence-corrected chi connectivity index (χ4v) is 1.88. The van der Waals surface area contributed by atoms with E-state index < -0.39 is 5.97 Å². The average Bonchev–Trinajstić information content (AvgIpc) is 2.83. The van der Waals surface area contributed by atoms with Crippen LogP contribution in [-0.4, -0.2) is 25.7 Å². The van der Waals surface area contributed by atoms with Crippen LogP contribution in [0, 0.1) is 5.82 Å². The highest BCUT2D eigenvalue weighted by Gasteiger charge is 2.14. The number of pyridine rings is 1. The molecule has 19 heavy (non-hydrogen) atoms. The lowest BCUT2D eigenvalue weighted by Crippen LogP contribution is -2.00. The minimum atomic E-state index is -1.07. The van der Waals surface area contributed by atoms with E-state index in [9.17, 15) is 9.18 Å². The fourth-order valence-electron chi connectivity index (χ4n) is 1.88. The van der Waals surface area contributed by atoms with Crippen molar-refractivity contribution in [1.29, 1.82) is 0 Å². The molecule has 0 saturated heterocycles. The summed E-state index contributed by atoms with van der Waals surface area (Å²) < 4.78 is 14.5. The predicted molar refractivity (Wildman–Crippen MR) is 65.3 cm³/mol. The normalized spacial score (nSPS) is 10.8. The number of aromatic nitrogens is 3. The highest BCUT2D eigenvalue weighted by Crippen LogP contribution is 2.20. The molecule has 0 bridgehead atoms. The number of aromatic carboxylic acids is 1. The molecule has 0 atom stereocenters. The van der Waals surface area contributed by atoms with Gasteiger partial charge in [-0.05, 0) is 36.4 Å². The summed E-state index contributed by atoms with van der Waals surface area (Å²) in [5, 5.41) is 16.9. The topological polar surface area (TPSA) is 67.5 Å². The molecule has 2 heterocycles. The molecule has 1 aromatic carbocycles. The number of hydrogen-bond acceptors (Lipinski definition) is 3. The Labute approximate surface area is 107 Å². The Kier molecular flexibility index (Phi) is 2.49. The molecule has 0 radical (unpaired) electrons. The highest BCUT2D eigenvalue weighted by atomic mass is 19.1. The lowest BCUT2D eigenvalue weighted by Gasteiger charge is -2.01. The number of nitrogens with zero attached hydrogens (tertiary/aromatic N) is 3. The van der Waals surface area contributed by atoms with Crippen LogP contribution in [0.1, 0.15) is 10.4 Å². The molecule has 0 aliphatic carbocycles. The maximum atomic E-state index is 12.9. The molecule has 94 valence electrons. The molecule has 2 aromatic heterocycles. The summed E-state index contributed by atoms with van der Waals surface area (Å²) in [5.74, 6) is -0.939. The smallest absolute Gasteiger partial charge is 0.339 e. The molecule has 5 nitrogen and oxygen atoms in total. The summed E-state index contributed by atoms with van der Waals surface area (Å²) in [6, 6.07) is 8.83. The number of fused-ring (bicyclic) bond motifs is 1. The van der Waals surface area contributed by atoms with Crippen LogP contribution in [0.5, 0.6) is 0 Å². The number of benzene rings is 1. The van der Waals surface area contributed by atoms with Gasteiger partial charge in [0.05, 0.1) is 0 Å². The monoisotopic (exact) mass is 257 g/mol. The van der Waals surface area contributed by atoms with Crippen LogP contribution in [0.2, 0.25) is 0 Å². The van der Waals surface area contributed by atoms with E-state index in [2.05, 4.69) is 10.2 Å². The minimum absolute atomic E-state index is 0.0726. The van der Waals surface area contributed by atoms with Crippen molar-refractivity contribution in [1.82, 2.24) is 14.6 Å². The standard InChI is InChI=1S/C13H8FN3O2/c14-9-5-3-8(4-6-9)11-15-16-12-10(13(18)19)2-1-7-17(11)12/h1-7H,(H,18,19). The van der Waals surface area contributed by atoms with Crippen molar-refractivity contribution in [2.45, 2.75) is 0 Å². The lowest BCUT2D eigenvalue weighted by molar-refractivity contribution is 0.0698. The molecule has 3 rings (SSSR count). The van der Waals surface area contributed by atoms with Crippen molar-refractivity contribution in [3.63, 3.8) is 0 Å². The summed E-state index contributed by atoms with van der Waals surface area (Å²) in [4.78, 5) is 11.1. The van der Waals surface area contributed by atoms with Crippen molar-refractivity contribution >= 4 is 11.6 Å². The number of carbonyl (C=O) groups is 1. The lowest BCUT2D eigenvalue weighted by atomic mass is 10.2. The number of rotatable bonds is 2. The maximum absolute atomic E-state index is 12.9. The molecular formula is C13H8FN3O2. The van der Waals surface area contributed by atoms with E-state index in [1.165, 1.54) is 18.2 Å². The van der Waals surface area contributed by atoms with Crippen LogP contribution in [0.15, 0.2) is 42.6 Å². The van der Waals surface area contributed by atoms with E-state index in [4.69, 9.17) is 5.11 Å². The second kappa shape index (κ2) is 4.16. The first-order valence-corrected chi connectivity index (χ1v) is 5.50. The van der Waals surface area contributed by atoms with Gasteiger partial charge in [-0.15, -0.1) is 10.2 Å². The quantitative estimate of drug-likeness (QED) is 0.764. The van der Waals surface area contributed by atoms with Gasteiger partial charge in [-0.25, -0.2) is 9.18 Å². The van der Waals surface area contributed by atoms with Crippen LogP contribution in [0.3, 0.4) is 0 Å². The number of hydrogen-bond donors (Lipinski definition) is 1. The molecule has 0 aliphatic rings. The summed E-state index contributed by atoms with van der Waals surface area (Å²) >= 11 is 0. The van der Waals surface area contributed by atoms with Gasteiger partial charge in [-0.1, -0.05) is 0 Å². The zero-order valence-electron chi connectivity index (χ0n) is 9.62. The van der Waals surface area contributed by atoms with Gasteiger partial charge in [0.15, 0.2) is 11.5 Å². The number of carboxylic acids is 1. The Morgan fingerprint density at radius 2 is 1.89 bits per heavy atom. The fraction of sp³-hybridized carbons (Fsp3) is 0. The van der Waals surface area contributed by atoms with Crippen LogP contribution < -0.4 is 0 Å². The van der Waals surface area contributed by atoms with Crippen molar-refractivity contribution in [2.24, 2.45) is 0 Å². The van der Waals surface area contributed by atoms with Crippen LogP contribution in [0.4, 0.5) is 4.39 Å². The summed E-state index contributed by atoms with van der Waals surface area (Å²) in [7, 11) is 0. The molecule has 1 N–H and O–H groups in total. The zero-order valence-corrected chi connectivity index (χ0v) is 9.62. The predicted octanol–water partition coefficient (Wildman–Crippen LogP) is 2.23. The summed E-state index contributed by atoms with van der Waals surface area (Å²) in [6.07, 6.45) is 1.67. The summed E-state index contributed by atoms with van der Waals surface area (Å²) in [6.45, 7) is 0. The van der Waals surface area contributed by atoms with Gasteiger partial charge in [0.25, 0.3) is 0 Å². The van der Waals surface area contributed by atoms with E-state index in [1.807, 2.05) is 0 Å². The third-order valence-electron chi connectivity index (χ3n) is 2.77. The van der Waals surface area contributed by atoms with Crippen molar-refractivity contribution in [3.05, 3.63) is 54.0 Å². The molecule has 3 aromatic rings. The Balaban J connectivity index is 2.24. The van der Waals surface area contributed by atoms with Crippen LogP contribution >= 0.6 is 0 Å². The average molecular weight is 257 g/mol. The molecule has 0 unspecified atom stereocenters. The van der Waals surface area contributed by atoms with E-state index in [-0.39, 0.29) is 17.0 Å². The summed E-state index contributed by atoms with van der Waals surface area (Å²) in [5.41, 5.74) is 0.995. The SMILES string of the molecule is O=C(O)c1cccn2c(-c3ccc(F)cc3)nnc12. The molecule has 0 spiro atoms. The maximum Gasteiger partial charge on any atom is 0.339 e. The van der Waals surface area contributed by atoms with E-state index >= 15 is 0 Å². The third kappa shape index (κ3) is 1.83. The minimum Gasteiger partial charge on any atom is -0.478 e. The molecule has 0 fully saturated rings. The van der Waals surface area contributed by atoms with E-state index in [0.717, 1.165) is 0 Å². The first-order valence-electron chi connectivity index (χ1n) is 5.50. The molecule has 0 amide bonds. The molecule has 0 aliphatic heterocycles. The number of halogens is 1. The van der Waals surface area contributed by atoms with Crippen molar-refractivity contribution in [3.8, 4) is 11.4 Å². The molecular weight excluding hydrogens is 249 g/mol. The largest absolute Gasteiger partial charge is 0.478 e. The van der Waals surface area contributed by atoms with Crippen LogP contribution in [-0.2, 0) is 0 Å². The zero-order chi connectivity index (χ0) is 13.4. The Bertz CT molecular complexity index is 765. The first-order chi connectivity index (χ1) is 9.16. The van der Waals surface area contributed by atoms with Crippen molar-refractivity contribution in [2.75, 3.05) is 0 Å². The number of carboxylic acid groups (broad SMARTS) is 1. The van der Waals surface area contributed by atoms with E-state index in [0.29, 0.717) is 11.4 Å². The van der Waals surface area contributed by atoms with Gasteiger partial charge < -0.3 is 5.11 Å². The highest BCUT2D eigenvalue weighted by molar-refractivity contribution is 5.94. The van der Waals surface area contributed by atoms with Gasteiger partial charge in [-0.2, -0.15) is 0 Å². The Morgan fingerprint density at radius 1 is 1.16 bits per heavy atom. The van der Waals surface area contributed by atoms with Gasteiger partial charge in [0.1, 0.15) is 11.4 Å². The third-order valence-corrected chi connectivity index (χ3v) is 2.77. The first kappa shape index (κ1) is 11.3. The Hall–Kier alpha value is -2.76. The second-order valence-electron chi connectivity index (χ2n) is 3.95. The van der Waals surface area contributed by atoms with E-state index in [1.54, 1.807) is 28.8 Å². The van der Waals surface area contributed by atoms with Gasteiger partial charge >= 0.3 is 5.97 Å². The van der Waals surface area contributed by atoms with Gasteiger partial charge in [-0.3, -0.25) is 4.40 Å². The molecule has 6 heteroatoms. The second-order valence-corrected chi connectivity index (χ2v) is 3.95.